The van der Waals surface area contributed by atoms with E-state index in [2.05, 4.69) is 15.6 Å². The van der Waals surface area contributed by atoms with Gasteiger partial charge in [-0.2, -0.15) is 0 Å². The number of nitrogen functional groups attached to an aromatic ring is 1. The number of carbonyl (C=O) groups is 2. The number of nitrogens with two attached hydrogens (primary N) is 1. The smallest absolute Gasteiger partial charge is 0.255 e. The van der Waals surface area contributed by atoms with Crippen LogP contribution in [0.25, 0.3) is 0 Å². The van der Waals surface area contributed by atoms with Crippen molar-refractivity contribution in [2.24, 2.45) is 0 Å². The maximum Gasteiger partial charge on any atom is 0.255 e. The molecule has 0 aromatic carbocycles. The first-order valence-electron chi connectivity index (χ1n) is 5.40. The van der Waals surface area contributed by atoms with E-state index in [1.165, 1.54) is 6.20 Å². The van der Waals surface area contributed by atoms with Gasteiger partial charge in [0.1, 0.15) is 5.82 Å². The van der Waals surface area contributed by atoms with E-state index >= 15 is 0 Å². The summed E-state index contributed by atoms with van der Waals surface area (Å²) in [5.41, 5.74) is 5.87. The first-order valence-corrected chi connectivity index (χ1v) is 5.40. The molecule has 0 saturated heterocycles. The quantitative estimate of drug-likeness (QED) is 0.666. The Morgan fingerprint density at radius 1 is 1.41 bits per heavy atom. The van der Waals surface area contributed by atoms with Crippen LogP contribution in [0.4, 0.5) is 5.82 Å². The van der Waals surface area contributed by atoms with Crippen LogP contribution in [0.5, 0.6) is 0 Å². The summed E-state index contributed by atoms with van der Waals surface area (Å²) in [6.07, 6.45) is 1.76. The Kier molecular flexibility index (Phi) is 4.93. The number of aromatic nitrogens is 1. The van der Waals surface area contributed by atoms with E-state index in [9.17, 15) is 9.59 Å². The molecule has 4 N–H and O–H groups in total. The molecule has 17 heavy (non-hydrogen) atoms. The monoisotopic (exact) mass is 236 g/mol. The maximum absolute atomic E-state index is 11.6. The predicted octanol–water partition coefficient (Wildman–Crippen LogP) is -0.0802. The molecule has 0 atom stereocenters. The standard InChI is InChI=1S/C11H16N4O2/c1-2-13-9(16)5-7-15-11(17)8-4-3-6-14-10(8)12/h3-4,6H,2,5,7H2,1H3,(H2,12,14)(H,13,16)(H,15,17). The Labute approximate surface area is 99.6 Å². The second-order valence-electron chi connectivity index (χ2n) is 3.40. The Bertz CT molecular complexity index is 406. The molecule has 6 heteroatoms. The molecule has 1 aromatic rings. The lowest BCUT2D eigenvalue weighted by Crippen LogP contribution is -2.31. The number of nitrogens with zero attached hydrogens (tertiary/aromatic N) is 1. The van der Waals surface area contributed by atoms with Gasteiger partial charge in [-0.05, 0) is 19.1 Å². The Balaban J connectivity index is 2.41. The summed E-state index contributed by atoms with van der Waals surface area (Å²) in [6.45, 7) is 2.70. The predicted molar refractivity (Wildman–Crippen MR) is 64.3 cm³/mol. The fourth-order valence-electron chi connectivity index (χ4n) is 1.28. The highest BCUT2D eigenvalue weighted by Crippen LogP contribution is 2.05. The average Bonchev–Trinajstić information content (AvgIpc) is 2.29. The molecule has 0 aliphatic carbocycles. The van der Waals surface area contributed by atoms with E-state index in [4.69, 9.17) is 5.73 Å². The molecule has 0 spiro atoms. The molecular formula is C11H16N4O2. The maximum atomic E-state index is 11.6. The van der Waals surface area contributed by atoms with Gasteiger partial charge in [0, 0.05) is 25.7 Å². The number of carbonyl (C=O) groups excluding carboxylic acids is 2. The second-order valence-corrected chi connectivity index (χ2v) is 3.40. The number of rotatable bonds is 5. The van der Waals surface area contributed by atoms with E-state index in [0.29, 0.717) is 12.1 Å². The van der Waals surface area contributed by atoms with Crippen molar-refractivity contribution in [2.75, 3.05) is 18.8 Å². The van der Waals surface area contributed by atoms with Crippen molar-refractivity contribution in [1.29, 1.82) is 0 Å². The number of hydrogen-bond donors (Lipinski definition) is 3. The summed E-state index contributed by atoms with van der Waals surface area (Å²) < 4.78 is 0. The summed E-state index contributed by atoms with van der Waals surface area (Å²) in [4.78, 5) is 26.6. The molecule has 2 amide bonds. The van der Waals surface area contributed by atoms with Gasteiger partial charge in [-0.15, -0.1) is 0 Å². The van der Waals surface area contributed by atoms with E-state index in [-0.39, 0.29) is 30.6 Å². The van der Waals surface area contributed by atoms with Gasteiger partial charge >= 0.3 is 0 Å². The number of anilines is 1. The molecule has 1 aromatic heterocycles. The number of hydrogen-bond acceptors (Lipinski definition) is 4. The fraction of sp³-hybridized carbons (Fsp3) is 0.364. The summed E-state index contributed by atoms with van der Waals surface area (Å²) in [6, 6.07) is 3.22. The number of nitrogens with one attached hydrogen (secondary N) is 2. The third-order valence-corrected chi connectivity index (χ3v) is 2.09. The molecule has 0 saturated carbocycles. The van der Waals surface area contributed by atoms with Gasteiger partial charge in [0.2, 0.25) is 5.91 Å². The van der Waals surface area contributed by atoms with E-state index in [1.807, 2.05) is 6.92 Å². The van der Waals surface area contributed by atoms with Gasteiger partial charge in [-0.1, -0.05) is 0 Å². The van der Waals surface area contributed by atoms with Crippen molar-refractivity contribution in [3.05, 3.63) is 23.9 Å². The molecule has 6 nitrogen and oxygen atoms in total. The first kappa shape index (κ1) is 13.0. The zero-order valence-corrected chi connectivity index (χ0v) is 9.69. The van der Waals surface area contributed by atoms with Crippen LogP contribution in [0.3, 0.4) is 0 Å². The van der Waals surface area contributed by atoms with Crippen LogP contribution in [-0.4, -0.2) is 29.9 Å². The van der Waals surface area contributed by atoms with Gasteiger partial charge in [-0.3, -0.25) is 9.59 Å². The lowest BCUT2D eigenvalue weighted by Gasteiger charge is -2.06. The van der Waals surface area contributed by atoms with Crippen LogP contribution in [-0.2, 0) is 4.79 Å². The van der Waals surface area contributed by atoms with Crippen LogP contribution >= 0.6 is 0 Å². The molecule has 0 aliphatic heterocycles. The van der Waals surface area contributed by atoms with Crippen molar-refractivity contribution in [2.45, 2.75) is 13.3 Å². The van der Waals surface area contributed by atoms with Gasteiger partial charge < -0.3 is 16.4 Å². The highest BCUT2D eigenvalue weighted by Gasteiger charge is 2.09. The molecule has 0 bridgehead atoms. The average molecular weight is 236 g/mol. The van der Waals surface area contributed by atoms with Crippen molar-refractivity contribution >= 4 is 17.6 Å². The molecule has 1 heterocycles. The molecular weight excluding hydrogens is 220 g/mol. The summed E-state index contributed by atoms with van der Waals surface area (Å²) in [5, 5.41) is 5.25. The molecule has 1 rings (SSSR count). The summed E-state index contributed by atoms with van der Waals surface area (Å²) in [5.74, 6) is -0.227. The van der Waals surface area contributed by atoms with Crippen LogP contribution in [0, 0.1) is 0 Å². The highest BCUT2D eigenvalue weighted by molar-refractivity contribution is 5.98. The van der Waals surface area contributed by atoms with Gasteiger partial charge in [0.15, 0.2) is 0 Å². The minimum atomic E-state index is -0.320. The zero-order valence-electron chi connectivity index (χ0n) is 9.69. The van der Waals surface area contributed by atoms with Crippen LogP contribution in [0.15, 0.2) is 18.3 Å². The molecule has 0 fully saturated rings. The Morgan fingerprint density at radius 2 is 2.18 bits per heavy atom. The molecule has 0 aliphatic rings. The Morgan fingerprint density at radius 3 is 2.82 bits per heavy atom. The lowest BCUT2D eigenvalue weighted by atomic mass is 10.2. The fourth-order valence-corrected chi connectivity index (χ4v) is 1.28. The topological polar surface area (TPSA) is 97.1 Å². The normalized spacial score (nSPS) is 9.71. The molecule has 0 radical (unpaired) electrons. The van der Waals surface area contributed by atoms with Crippen molar-refractivity contribution < 1.29 is 9.59 Å². The van der Waals surface area contributed by atoms with E-state index in [1.54, 1.807) is 12.1 Å². The zero-order chi connectivity index (χ0) is 12.7. The largest absolute Gasteiger partial charge is 0.383 e. The Hall–Kier alpha value is -2.11. The third-order valence-electron chi connectivity index (χ3n) is 2.09. The SMILES string of the molecule is CCNC(=O)CCNC(=O)c1cccnc1N. The molecule has 92 valence electrons. The summed E-state index contributed by atoms with van der Waals surface area (Å²) in [7, 11) is 0. The van der Waals surface area contributed by atoms with Gasteiger partial charge in [-0.25, -0.2) is 4.98 Å². The van der Waals surface area contributed by atoms with Crippen LogP contribution in [0.1, 0.15) is 23.7 Å². The third kappa shape index (κ3) is 4.10. The van der Waals surface area contributed by atoms with Gasteiger partial charge in [0.25, 0.3) is 5.91 Å². The highest BCUT2D eigenvalue weighted by atomic mass is 16.2. The minimum absolute atomic E-state index is 0.0908. The van der Waals surface area contributed by atoms with Crippen LogP contribution < -0.4 is 16.4 Å². The van der Waals surface area contributed by atoms with E-state index in [0.717, 1.165) is 0 Å². The number of amides is 2. The minimum Gasteiger partial charge on any atom is -0.383 e. The van der Waals surface area contributed by atoms with Gasteiger partial charge in [0.05, 0.1) is 5.56 Å². The lowest BCUT2D eigenvalue weighted by molar-refractivity contribution is -0.120. The van der Waals surface area contributed by atoms with Crippen LogP contribution in [0.2, 0.25) is 0 Å². The van der Waals surface area contributed by atoms with Crippen molar-refractivity contribution in [3.8, 4) is 0 Å². The van der Waals surface area contributed by atoms with Crippen molar-refractivity contribution in [3.63, 3.8) is 0 Å². The second kappa shape index (κ2) is 6.47. The summed E-state index contributed by atoms with van der Waals surface area (Å²) >= 11 is 0. The molecule has 0 unspecified atom stereocenters. The van der Waals surface area contributed by atoms with Crippen molar-refractivity contribution in [1.82, 2.24) is 15.6 Å². The van der Waals surface area contributed by atoms with E-state index < -0.39 is 0 Å². The number of pyridine rings is 1. The first-order chi connectivity index (χ1) is 8.15.